The average molecular weight is 561 g/mol. The Kier molecular flexibility index (Phi) is 7.83. The Morgan fingerprint density at radius 3 is 2.34 bits per heavy atom. The second-order valence-electron chi connectivity index (χ2n) is 9.32. The fourth-order valence-corrected chi connectivity index (χ4v) is 4.15. The van der Waals surface area contributed by atoms with E-state index in [4.69, 9.17) is 4.74 Å². The van der Waals surface area contributed by atoms with Crippen molar-refractivity contribution in [2.45, 2.75) is 77.0 Å². The molecule has 0 N–H and O–H groups in total. The van der Waals surface area contributed by atoms with Crippen LogP contribution in [0.15, 0.2) is 29.1 Å². The van der Waals surface area contributed by atoms with Crippen LogP contribution in [0.4, 0.5) is 22.4 Å². The Bertz CT molecular complexity index is 1090. The Labute approximate surface area is 208 Å². The Morgan fingerprint density at radius 1 is 1.14 bits per heavy atom. The number of pyridine rings is 1. The highest BCUT2D eigenvalue weighted by atomic mass is 79.9. The Hall–Kier alpha value is -2.63. The van der Waals surface area contributed by atoms with Gasteiger partial charge < -0.3 is 4.74 Å². The summed E-state index contributed by atoms with van der Waals surface area (Å²) in [6, 6.07) is -0.125. The molecule has 1 aliphatic heterocycles. The molecular formula is C23H25BrF4N4O3. The Morgan fingerprint density at radius 2 is 1.77 bits per heavy atom. The number of nitrogens with zero attached hydrogens (tertiary/aromatic N) is 4. The number of carbonyl (C=O) groups excluding carboxylic acids is 2. The highest BCUT2D eigenvalue weighted by molar-refractivity contribution is 9.10. The number of Topliss-reactive ketones (excluding diaryl/α,β-unsaturated/α-hetero) is 1. The van der Waals surface area contributed by atoms with Crippen molar-refractivity contribution in [1.29, 1.82) is 0 Å². The molecule has 35 heavy (non-hydrogen) atoms. The van der Waals surface area contributed by atoms with E-state index in [1.54, 1.807) is 33.8 Å². The van der Waals surface area contributed by atoms with Crippen LogP contribution in [-0.4, -0.2) is 55.6 Å². The summed E-state index contributed by atoms with van der Waals surface area (Å²) >= 11 is 3.36. The monoisotopic (exact) mass is 560 g/mol. The fraction of sp³-hybridized carbons (Fsp3) is 0.522. The third kappa shape index (κ3) is 6.53. The maximum absolute atomic E-state index is 14.4. The van der Waals surface area contributed by atoms with E-state index in [0.29, 0.717) is 15.7 Å². The summed E-state index contributed by atoms with van der Waals surface area (Å²) in [5.41, 5.74) is 0.478. The van der Waals surface area contributed by atoms with E-state index in [0.717, 1.165) is 12.4 Å². The number of halogens is 5. The van der Waals surface area contributed by atoms with E-state index in [2.05, 4.69) is 30.9 Å². The van der Waals surface area contributed by atoms with Crippen molar-refractivity contribution >= 4 is 27.8 Å². The molecule has 0 spiro atoms. The number of hydrogen-bond acceptors (Lipinski definition) is 6. The highest BCUT2D eigenvalue weighted by Gasteiger charge is 2.46. The summed E-state index contributed by atoms with van der Waals surface area (Å²) < 4.78 is 58.5. The Balaban J connectivity index is 1.74. The van der Waals surface area contributed by atoms with E-state index in [1.165, 1.54) is 11.1 Å². The van der Waals surface area contributed by atoms with Gasteiger partial charge in [0.2, 0.25) is 5.82 Å². The molecular weight excluding hydrogens is 536 g/mol. The summed E-state index contributed by atoms with van der Waals surface area (Å²) in [7, 11) is 0. The predicted octanol–water partition coefficient (Wildman–Crippen LogP) is 5.56. The van der Waals surface area contributed by atoms with Gasteiger partial charge >= 0.3 is 12.3 Å². The minimum absolute atomic E-state index is 0.00890. The fourth-order valence-electron chi connectivity index (χ4n) is 3.74. The minimum Gasteiger partial charge on any atom is -0.444 e. The third-order valence-electron chi connectivity index (χ3n) is 5.50. The molecule has 190 valence electrons. The molecule has 0 aliphatic carbocycles. The zero-order valence-corrected chi connectivity index (χ0v) is 21.2. The van der Waals surface area contributed by atoms with Gasteiger partial charge in [-0.25, -0.2) is 19.2 Å². The van der Waals surface area contributed by atoms with Crippen molar-refractivity contribution in [1.82, 2.24) is 19.9 Å². The molecule has 12 heteroatoms. The number of ether oxygens (including phenoxy) is 1. The van der Waals surface area contributed by atoms with Gasteiger partial charge in [-0.1, -0.05) is 0 Å². The van der Waals surface area contributed by atoms with Gasteiger partial charge in [0, 0.05) is 41.5 Å². The number of hydrogen-bond donors (Lipinski definition) is 0. The molecule has 3 heterocycles. The van der Waals surface area contributed by atoms with Gasteiger partial charge in [-0.2, -0.15) is 13.2 Å². The molecule has 3 rings (SSSR count). The molecule has 0 aromatic carbocycles. The van der Waals surface area contributed by atoms with Crippen molar-refractivity contribution < 1.29 is 31.9 Å². The van der Waals surface area contributed by atoms with Gasteiger partial charge in [-0.05, 0) is 61.7 Å². The molecule has 1 amide bonds. The number of alkyl halides is 4. The van der Waals surface area contributed by atoms with Gasteiger partial charge in [0.15, 0.2) is 5.78 Å². The van der Waals surface area contributed by atoms with Crippen LogP contribution in [0.3, 0.4) is 0 Å². The first-order valence-electron chi connectivity index (χ1n) is 10.9. The second-order valence-corrected chi connectivity index (χ2v) is 10.2. The number of aromatic nitrogens is 3. The maximum Gasteiger partial charge on any atom is 0.451 e. The lowest BCUT2D eigenvalue weighted by Gasteiger charge is -2.30. The molecule has 1 aliphatic rings. The molecule has 3 atom stereocenters. The van der Waals surface area contributed by atoms with Crippen molar-refractivity contribution in [2.75, 3.05) is 0 Å². The lowest BCUT2D eigenvalue weighted by Crippen LogP contribution is -2.47. The van der Waals surface area contributed by atoms with Gasteiger partial charge in [-0.3, -0.25) is 14.7 Å². The lowest BCUT2D eigenvalue weighted by atomic mass is 10.0. The quantitative estimate of drug-likeness (QED) is 0.445. The summed E-state index contributed by atoms with van der Waals surface area (Å²) in [5, 5.41) is 0. The van der Waals surface area contributed by atoms with Crippen LogP contribution in [-0.2, 0) is 22.1 Å². The predicted molar refractivity (Wildman–Crippen MR) is 122 cm³/mol. The number of amides is 1. The number of carbonyl (C=O) groups is 2. The lowest BCUT2D eigenvalue weighted by molar-refractivity contribution is -0.145. The van der Waals surface area contributed by atoms with Gasteiger partial charge in [0.05, 0.1) is 17.8 Å². The number of aryl methyl sites for hydroxylation is 1. The second kappa shape index (κ2) is 10.2. The zero-order valence-electron chi connectivity index (χ0n) is 19.6. The highest BCUT2D eigenvalue weighted by Crippen LogP contribution is 2.31. The van der Waals surface area contributed by atoms with Crippen LogP contribution in [0.5, 0.6) is 0 Å². The molecule has 1 saturated heterocycles. The van der Waals surface area contributed by atoms with Crippen LogP contribution in [0.2, 0.25) is 0 Å². The zero-order chi connectivity index (χ0) is 26.1. The molecule has 1 fully saturated rings. The number of ketones is 1. The van der Waals surface area contributed by atoms with E-state index in [-0.39, 0.29) is 30.6 Å². The molecule has 0 radical (unpaired) electrons. The van der Waals surface area contributed by atoms with Crippen LogP contribution in [0.25, 0.3) is 11.3 Å². The SMILES string of the molecule is C[C@H]1[C@H](F)C[C@@H](C(=O)CCc2cc(-c3cnc(C(F)(F)F)nc3)ncc2Br)N1C(=O)OC(C)(C)C. The van der Waals surface area contributed by atoms with Crippen molar-refractivity contribution in [3.8, 4) is 11.3 Å². The van der Waals surface area contributed by atoms with Crippen LogP contribution in [0.1, 0.15) is 51.9 Å². The molecule has 2 aromatic rings. The van der Waals surface area contributed by atoms with Crippen molar-refractivity contribution in [3.05, 3.63) is 40.5 Å². The summed E-state index contributed by atoms with van der Waals surface area (Å²) in [5.74, 6) is -1.57. The first kappa shape index (κ1) is 27.0. The topological polar surface area (TPSA) is 85.3 Å². The van der Waals surface area contributed by atoms with E-state index < -0.39 is 42.0 Å². The first-order valence-corrected chi connectivity index (χ1v) is 11.7. The molecule has 0 bridgehead atoms. The number of rotatable bonds is 5. The average Bonchev–Trinajstić information content (AvgIpc) is 3.06. The molecule has 2 aromatic heterocycles. The summed E-state index contributed by atoms with van der Waals surface area (Å²) in [4.78, 5) is 37.7. The van der Waals surface area contributed by atoms with Gasteiger partial charge in [0.25, 0.3) is 0 Å². The third-order valence-corrected chi connectivity index (χ3v) is 6.21. The molecule has 0 unspecified atom stereocenters. The van der Waals surface area contributed by atoms with Crippen LogP contribution < -0.4 is 0 Å². The van der Waals surface area contributed by atoms with E-state index in [1.807, 2.05) is 0 Å². The number of likely N-dealkylation sites (tertiary alicyclic amines) is 1. The van der Waals surface area contributed by atoms with Crippen molar-refractivity contribution in [3.63, 3.8) is 0 Å². The summed E-state index contributed by atoms with van der Waals surface area (Å²) in [6.07, 6.45) is -3.08. The smallest absolute Gasteiger partial charge is 0.444 e. The molecule has 0 saturated carbocycles. The van der Waals surface area contributed by atoms with Gasteiger partial charge in [-0.15, -0.1) is 0 Å². The molecule has 7 nitrogen and oxygen atoms in total. The maximum atomic E-state index is 14.4. The van der Waals surface area contributed by atoms with E-state index >= 15 is 0 Å². The normalized spacial score (nSPS) is 20.7. The standard InChI is InChI=1S/C23H25BrF4N4O3/c1-12-16(25)8-18(32(12)21(34)35-22(2,3)4)19(33)6-5-13-7-17(29-11-15(13)24)14-9-30-20(31-10-14)23(26,27)28/h7,9-12,16,18H,5-6,8H2,1-4H3/t12-,16+,18-/m0/s1. The summed E-state index contributed by atoms with van der Waals surface area (Å²) in [6.45, 7) is 6.61. The van der Waals surface area contributed by atoms with E-state index in [9.17, 15) is 27.2 Å². The van der Waals surface area contributed by atoms with Crippen molar-refractivity contribution in [2.24, 2.45) is 0 Å². The first-order chi connectivity index (χ1) is 16.2. The van der Waals surface area contributed by atoms with Crippen LogP contribution in [0, 0.1) is 0 Å². The minimum atomic E-state index is -4.65. The van der Waals surface area contributed by atoms with Crippen LogP contribution >= 0.6 is 15.9 Å². The largest absolute Gasteiger partial charge is 0.451 e. The van der Waals surface area contributed by atoms with Gasteiger partial charge in [0.1, 0.15) is 11.8 Å².